The number of hydrogen-bond donors (Lipinski definition) is 1. The van der Waals surface area contributed by atoms with Gasteiger partial charge in [0.25, 0.3) is 0 Å². The van der Waals surface area contributed by atoms with Gasteiger partial charge in [-0.2, -0.15) is 0 Å². The molecule has 1 aromatic heterocycles. The molecule has 0 bridgehead atoms. The van der Waals surface area contributed by atoms with Crippen molar-refractivity contribution >= 4 is 28.7 Å². The standard InChI is InChI=1S/C21H20N2O5/c1-12-5-8-18-16(9-12)23-20(28-18)14-7-6-13(2)15(10-14)22-17(21(25)27-4)11-19(24)26-3/h5-11,22H,1-4H3/b17-11+. The van der Waals surface area contributed by atoms with Crippen LogP contribution in [0.2, 0.25) is 0 Å². The molecule has 3 aromatic rings. The van der Waals surface area contributed by atoms with Crippen LogP contribution >= 0.6 is 0 Å². The van der Waals surface area contributed by atoms with Crippen LogP contribution in [0.3, 0.4) is 0 Å². The first-order valence-corrected chi connectivity index (χ1v) is 8.54. The molecule has 0 spiro atoms. The molecule has 7 heteroatoms. The fourth-order valence-corrected chi connectivity index (χ4v) is 2.63. The average molecular weight is 380 g/mol. The highest BCUT2D eigenvalue weighted by Crippen LogP contribution is 2.29. The molecule has 0 aliphatic heterocycles. The molecular weight excluding hydrogens is 360 g/mol. The number of methoxy groups -OCH3 is 2. The zero-order valence-corrected chi connectivity index (χ0v) is 16.0. The highest BCUT2D eigenvalue weighted by Gasteiger charge is 2.15. The zero-order chi connectivity index (χ0) is 20.3. The van der Waals surface area contributed by atoms with Crippen LogP contribution in [0.5, 0.6) is 0 Å². The highest BCUT2D eigenvalue weighted by molar-refractivity contribution is 5.99. The van der Waals surface area contributed by atoms with Gasteiger partial charge in [-0.05, 0) is 49.2 Å². The van der Waals surface area contributed by atoms with Crippen molar-refractivity contribution in [3.8, 4) is 11.5 Å². The van der Waals surface area contributed by atoms with E-state index in [0.29, 0.717) is 17.2 Å². The predicted octanol–water partition coefficient (Wildman–Crippen LogP) is 3.75. The van der Waals surface area contributed by atoms with Crippen molar-refractivity contribution < 1.29 is 23.5 Å². The predicted molar refractivity (Wildman–Crippen MR) is 105 cm³/mol. The fourth-order valence-electron chi connectivity index (χ4n) is 2.63. The summed E-state index contributed by atoms with van der Waals surface area (Å²) < 4.78 is 15.2. The minimum Gasteiger partial charge on any atom is -0.466 e. The van der Waals surface area contributed by atoms with Crippen molar-refractivity contribution in [2.75, 3.05) is 19.5 Å². The Labute approximate surface area is 162 Å². The van der Waals surface area contributed by atoms with E-state index in [9.17, 15) is 9.59 Å². The normalized spacial score (nSPS) is 11.4. The Balaban J connectivity index is 1.99. The summed E-state index contributed by atoms with van der Waals surface area (Å²) in [6, 6.07) is 11.3. The van der Waals surface area contributed by atoms with E-state index < -0.39 is 11.9 Å². The van der Waals surface area contributed by atoms with Crippen molar-refractivity contribution in [3.63, 3.8) is 0 Å². The number of rotatable bonds is 5. The van der Waals surface area contributed by atoms with Gasteiger partial charge in [0.15, 0.2) is 5.58 Å². The lowest BCUT2D eigenvalue weighted by Crippen LogP contribution is -2.16. The number of fused-ring (bicyclic) bond motifs is 1. The van der Waals surface area contributed by atoms with E-state index in [1.54, 1.807) is 6.07 Å². The Bertz CT molecular complexity index is 1080. The molecule has 0 atom stereocenters. The number of aryl methyl sites for hydroxylation is 2. The van der Waals surface area contributed by atoms with Gasteiger partial charge in [0.2, 0.25) is 5.89 Å². The van der Waals surface area contributed by atoms with Gasteiger partial charge in [-0.15, -0.1) is 0 Å². The number of carbonyl (C=O) groups excluding carboxylic acids is 2. The maximum absolute atomic E-state index is 12.0. The zero-order valence-electron chi connectivity index (χ0n) is 16.0. The molecule has 0 fully saturated rings. The highest BCUT2D eigenvalue weighted by atomic mass is 16.5. The molecule has 7 nitrogen and oxygen atoms in total. The molecule has 3 rings (SSSR count). The maximum atomic E-state index is 12.0. The van der Waals surface area contributed by atoms with Crippen LogP contribution in [0.25, 0.3) is 22.6 Å². The molecule has 0 aliphatic carbocycles. The maximum Gasteiger partial charge on any atom is 0.354 e. The lowest BCUT2D eigenvalue weighted by molar-refractivity contribution is -0.138. The number of nitrogens with zero attached hydrogens (tertiary/aromatic N) is 1. The third kappa shape index (κ3) is 4.03. The van der Waals surface area contributed by atoms with Crippen LogP contribution in [0.4, 0.5) is 5.69 Å². The molecule has 0 saturated heterocycles. The topological polar surface area (TPSA) is 90.7 Å². The Morgan fingerprint density at radius 3 is 2.57 bits per heavy atom. The van der Waals surface area contributed by atoms with Gasteiger partial charge in [0, 0.05) is 11.3 Å². The van der Waals surface area contributed by atoms with Gasteiger partial charge in [-0.3, -0.25) is 0 Å². The number of anilines is 1. The Morgan fingerprint density at radius 2 is 1.86 bits per heavy atom. The Hall–Kier alpha value is -3.61. The minimum atomic E-state index is -0.687. The van der Waals surface area contributed by atoms with E-state index in [0.717, 1.165) is 28.3 Å². The summed E-state index contributed by atoms with van der Waals surface area (Å²) in [5.41, 5.74) is 4.70. The molecular formula is C21H20N2O5. The van der Waals surface area contributed by atoms with E-state index in [4.69, 9.17) is 9.15 Å². The molecule has 28 heavy (non-hydrogen) atoms. The second-order valence-electron chi connectivity index (χ2n) is 6.22. The molecule has 0 amide bonds. The van der Waals surface area contributed by atoms with Crippen LogP contribution in [0, 0.1) is 13.8 Å². The van der Waals surface area contributed by atoms with E-state index in [-0.39, 0.29) is 5.70 Å². The van der Waals surface area contributed by atoms with Gasteiger partial charge in [0.05, 0.1) is 20.3 Å². The molecule has 1 N–H and O–H groups in total. The summed E-state index contributed by atoms with van der Waals surface area (Å²) in [7, 11) is 2.47. The van der Waals surface area contributed by atoms with Crippen molar-refractivity contribution in [3.05, 3.63) is 59.3 Å². The van der Waals surface area contributed by atoms with Crippen LogP contribution < -0.4 is 5.32 Å². The van der Waals surface area contributed by atoms with Crippen molar-refractivity contribution in [1.29, 1.82) is 0 Å². The van der Waals surface area contributed by atoms with Crippen LogP contribution in [-0.2, 0) is 19.1 Å². The van der Waals surface area contributed by atoms with Crippen LogP contribution in [-0.4, -0.2) is 31.1 Å². The quantitative estimate of drug-likeness (QED) is 0.532. The summed E-state index contributed by atoms with van der Waals surface area (Å²) in [5, 5.41) is 2.93. The summed E-state index contributed by atoms with van der Waals surface area (Å²) in [5.74, 6) is -0.899. The van der Waals surface area contributed by atoms with Gasteiger partial charge in [-0.1, -0.05) is 12.1 Å². The third-order valence-electron chi connectivity index (χ3n) is 4.17. The molecule has 0 aliphatic rings. The first kappa shape index (κ1) is 19.2. The van der Waals surface area contributed by atoms with Crippen LogP contribution in [0.15, 0.2) is 52.6 Å². The van der Waals surface area contributed by atoms with E-state index in [1.165, 1.54) is 14.2 Å². The average Bonchev–Trinajstić information content (AvgIpc) is 3.11. The molecule has 144 valence electrons. The number of benzene rings is 2. The number of oxazole rings is 1. The van der Waals surface area contributed by atoms with Crippen molar-refractivity contribution in [1.82, 2.24) is 4.98 Å². The summed E-state index contributed by atoms with van der Waals surface area (Å²) in [4.78, 5) is 28.1. The van der Waals surface area contributed by atoms with Crippen molar-refractivity contribution in [2.45, 2.75) is 13.8 Å². The smallest absolute Gasteiger partial charge is 0.354 e. The Morgan fingerprint density at radius 1 is 1.07 bits per heavy atom. The first-order valence-electron chi connectivity index (χ1n) is 8.54. The Kier molecular flexibility index (Phi) is 5.44. The van der Waals surface area contributed by atoms with Crippen LogP contribution in [0.1, 0.15) is 11.1 Å². The monoisotopic (exact) mass is 380 g/mol. The van der Waals surface area contributed by atoms with E-state index in [1.807, 2.05) is 44.2 Å². The lowest BCUT2D eigenvalue weighted by Gasteiger charge is -2.12. The number of aromatic nitrogens is 1. The molecule has 0 radical (unpaired) electrons. The lowest BCUT2D eigenvalue weighted by atomic mass is 10.1. The second kappa shape index (κ2) is 7.96. The molecule has 2 aromatic carbocycles. The molecule has 0 unspecified atom stereocenters. The first-order chi connectivity index (χ1) is 13.4. The summed E-state index contributed by atoms with van der Waals surface area (Å²) in [6.45, 7) is 3.86. The molecule has 0 saturated carbocycles. The number of ether oxygens (including phenoxy) is 2. The van der Waals surface area contributed by atoms with Gasteiger partial charge in [-0.25, -0.2) is 14.6 Å². The number of nitrogens with one attached hydrogen (secondary N) is 1. The fraction of sp³-hybridized carbons (Fsp3) is 0.190. The van der Waals surface area contributed by atoms with Gasteiger partial charge in [0.1, 0.15) is 11.2 Å². The number of carbonyl (C=O) groups is 2. The third-order valence-corrected chi connectivity index (χ3v) is 4.17. The summed E-state index contributed by atoms with van der Waals surface area (Å²) >= 11 is 0. The SMILES string of the molecule is COC(=O)/C=C(/Nc1cc(-c2nc3cc(C)ccc3o2)ccc1C)C(=O)OC. The largest absolute Gasteiger partial charge is 0.466 e. The van der Waals surface area contributed by atoms with Gasteiger partial charge < -0.3 is 19.2 Å². The summed E-state index contributed by atoms with van der Waals surface area (Å²) in [6.07, 6.45) is 1.04. The van der Waals surface area contributed by atoms with E-state index >= 15 is 0 Å². The van der Waals surface area contributed by atoms with E-state index in [2.05, 4.69) is 15.0 Å². The second-order valence-corrected chi connectivity index (χ2v) is 6.22. The number of hydrogen-bond acceptors (Lipinski definition) is 7. The minimum absolute atomic E-state index is 0.0391. The van der Waals surface area contributed by atoms with Crippen molar-refractivity contribution in [2.24, 2.45) is 0 Å². The number of esters is 2. The molecule has 1 heterocycles. The van der Waals surface area contributed by atoms with Gasteiger partial charge >= 0.3 is 11.9 Å².